The van der Waals surface area contributed by atoms with E-state index in [1.165, 1.54) is 0 Å². The third kappa shape index (κ3) is 5.28. The number of rotatable bonds is 6. The third-order valence-electron chi connectivity index (χ3n) is 2.99. The predicted octanol–water partition coefficient (Wildman–Crippen LogP) is 3.40. The second kappa shape index (κ2) is 8.07. The minimum Gasteiger partial charge on any atom is -0.348 e. The molecule has 0 aliphatic rings. The van der Waals surface area contributed by atoms with Gasteiger partial charge in [0.1, 0.15) is 0 Å². The summed E-state index contributed by atoms with van der Waals surface area (Å²) in [4.78, 5) is 14.4. The van der Waals surface area contributed by atoms with Gasteiger partial charge in [0.05, 0.1) is 5.02 Å². The van der Waals surface area contributed by atoms with Gasteiger partial charge in [-0.15, -0.1) is 0 Å². The zero-order chi connectivity index (χ0) is 14.4. The summed E-state index contributed by atoms with van der Waals surface area (Å²) >= 11 is 8.17. The number of halogens is 2. The van der Waals surface area contributed by atoms with Crippen molar-refractivity contribution in [2.75, 3.05) is 19.6 Å². The van der Waals surface area contributed by atoms with Crippen LogP contribution in [0.4, 0.5) is 0 Å². The largest absolute Gasteiger partial charge is 0.348 e. The molecular weight excluding hydrogens is 375 g/mol. The van der Waals surface area contributed by atoms with E-state index in [9.17, 15) is 4.79 Å². The van der Waals surface area contributed by atoms with Crippen LogP contribution in [0.15, 0.2) is 18.2 Å². The number of nitrogens with zero attached hydrogens (tertiary/aromatic N) is 1. The molecule has 1 aromatic rings. The SMILES string of the molecule is CCN(CC)CC(C)NC(=O)c1ccc(I)c(Cl)c1. The topological polar surface area (TPSA) is 32.3 Å². The number of benzene rings is 1. The third-order valence-corrected chi connectivity index (χ3v) is 4.56. The molecule has 0 spiro atoms. The van der Waals surface area contributed by atoms with E-state index in [1.807, 2.05) is 13.0 Å². The molecule has 1 N–H and O–H groups in total. The van der Waals surface area contributed by atoms with Crippen LogP contribution in [0, 0.1) is 3.57 Å². The molecule has 1 unspecified atom stereocenters. The molecule has 3 nitrogen and oxygen atoms in total. The van der Waals surface area contributed by atoms with Crippen molar-refractivity contribution in [3.05, 3.63) is 32.4 Å². The number of likely N-dealkylation sites (N-methyl/N-ethyl adjacent to an activating group) is 1. The summed E-state index contributed by atoms with van der Waals surface area (Å²) in [5, 5.41) is 3.62. The standard InChI is InChI=1S/C14H20ClIN2O/c1-4-18(5-2)9-10(3)17-14(19)11-6-7-13(16)12(15)8-11/h6-8,10H,4-5,9H2,1-3H3,(H,17,19). The summed E-state index contributed by atoms with van der Waals surface area (Å²) in [6.07, 6.45) is 0. The van der Waals surface area contributed by atoms with E-state index < -0.39 is 0 Å². The summed E-state index contributed by atoms with van der Waals surface area (Å²) in [5.41, 5.74) is 0.608. The van der Waals surface area contributed by atoms with Gasteiger partial charge in [-0.3, -0.25) is 4.79 Å². The molecule has 5 heteroatoms. The Morgan fingerprint density at radius 1 is 1.42 bits per heavy atom. The summed E-state index contributed by atoms with van der Waals surface area (Å²) in [5.74, 6) is -0.0713. The second-order valence-corrected chi connectivity index (χ2v) is 6.06. The molecule has 19 heavy (non-hydrogen) atoms. The van der Waals surface area contributed by atoms with Gasteiger partial charge in [0.15, 0.2) is 0 Å². The number of hydrogen-bond acceptors (Lipinski definition) is 2. The van der Waals surface area contributed by atoms with Crippen molar-refractivity contribution in [1.82, 2.24) is 10.2 Å². The monoisotopic (exact) mass is 394 g/mol. The Hall–Kier alpha value is -0.330. The zero-order valence-electron chi connectivity index (χ0n) is 11.5. The first-order valence-electron chi connectivity index (χ1n) is 6.46. The Morgan fingerprint density at radius 3 is 2.58 bits per heavy atom. The van der Waals surface area contributed by atoms with Crippen LogP contribution in [0.25, 0.3) is 0 Å². The maximum atomic E-state index is 12.1. The van der Waals surface area contributed by atoms with Crippen molar-refractivity contribution >= 4 is 40.1 Å². The smallest absolute Gasteiger partial charge is 0.251 e. The Morgan fingerprint density at radius 2 is 2.05 bits per heavy atom. The van der Waals surface area contributed by atoms with Gasteiger partial charge in [-0.2, -0.15) is 0 Å². The Balaban J connectivity index is 2.61. The first-order chi connectivity index (χ1) is 8.97. The molecule has 0 aliphatic heterocycles. The minimum absolute atomic E-state index is 0.0713. The molecule has 0 bridgehead atoms. The zero-order valence-corrected chi connectivity index (χ0v) is 14.5. The number of carbonyl (C=O) groups excluding carboxylic acids is 1. The lowest BCUT2D eigenvalue weighted by atomic mass is 10.2. The number of carbonyl (C=O) groups is 1. The summed E-state index contributed by atoms with van der Waals surface area (Å²) < 4.78 is 0.951. The number of amides is 1. The van der Waals surface area contributed by atoms with Crippen LogP contribution in [0.1, 0.15) is 31.1 Å². The molecule has 0 saturated carbocycles. The van der Waals surface area contributed by atoms with Crippen LogP contribution < -0.4 is 5.32 Å². The lowest BCUT2D eigenvalue weighted by Crippen LogP contribution is -2.41. The van der Waals surface area contributed by atoms with E-state index in [1.54, 1.807) is 12.1 Å². The number of hydrogen-bond donors (Lipinski definition) is 1. The van der Waals surface area contributed by atoms with Gasteiger partial charge < -0.3 is 10.2 Å². The highest BCUT2D eigenvalue weighted by Gasteiger charge is 2.13. The number of nitrogens with one attached hydrogen (secondary N) is 1. The van der Waals surface area contributed by atoms with E-state index in [4.69, 9.17) is 11.6 Å². The molecule has 0 saturated heterocycles. The van der Waals surface area contributed by atoms with Crippen molar-refractivity contribution in [2.24, 2.45) is 0 Å². The predicted molar refractivity (Wildman–Crippen MR) is 88.9 cm³/mol. The van der Waals surface area contributed by atoms with Gasteiger partial charge in [-0.1, -0.05) is 25.4 Å². The van der Waals surface area contributed by atoms with Crippen molar-refractivity contribution in [2.45, 2.75) is 26.8 Å². The van der Waals surface area contributed by atoms with Crippen molar-refractivity contribution < 1.29 is 4.79 Å². The molecule has 0 fully saturated rings. The highest BCUT2D eigenvalue weighted by Crippen LogP contribution is 2.19. The Labute approximate surface area is 133 Å². The summed E-state index contributed by atoms with van der Waals surface area (Å²) in [6.45, 7) is 9.10. The van der Waals surface area contributed by atoms with Gasteiger partial charge >= 0.3 is 0 Å². The molecule has 0 aromatic heterocycles. The van der Waals surface area contributed by atoms with Gasteiger partial charge in [0, 0.05) is 21.7 Å². The molecule has 1 atom stereocenters. The van der Waals surface area contributed by atoms with E-state index in [0.717, 1.165) is 23.2 Å². The molecule has 1 aromatic carbocycles. The molecule has 106 valence electrons. The van der Waals surface area contributed by atoms with Gasteiger partial charge in [0.2, 0.25) is 0 Å². The molecule has 0 heterocycles. The molecule has 1 rings (SSSR count). The normalized spacial score (nSPS) is 12.5. The van der Waals surface area contributed by atoms with E-state index >= 15 is 0 Å². The van der Waals surface area contributed by atoms with Gasteiger partial charge in [-0.05, 0) is 60.8 Å². The first kappa shape index (κ1) is 16.7. The fraction of sp³-hybridized carbons (Fsp3) is 0.500. The van der Waals surface area contributed by atoms with Crippen LogP contribution in [0.5, 0.6) is 0 Å². The fourth-order valence-corrected chi connectivity index (χ4v) is 2.38. The minimum atomic E-state index is -0.0713. The Kier molecular flexibility index (Phi) is 7.10. The maximum Gasteiger partial charge on any atom is 0.251 e. The highest BCUT2D eigenvalue weighted by molar-refractivity contribution is 14.1. The lowest BCUT2D eigenvalue weighted by molar-refractivity contribution is 0.0930. The summed E-state index contributed by atoms with van der Waals surface area (Å²) in [7, 11) is 0. The average molecular weight is 395 g/mol. The van der Waals surface area contributed by atoms with E-state index in [-0.39, 0.29) is 11.9 Å². The molecule has 0 radical (unpaired) electrons. The van der Waals surface area contributed by atoms with Gasteiger partial charge in [-0.25, -0.2) is 0 Å². The second-order valence-electron chi connectivity index (χ2n) is 4.49. The fourth-order valence-electron chi connectivity index (χ4n) is 1.86. The molecule has 1 amide bonds. The van der Waals surface area contributed by atoms with E-state index in [2.05, 4.69) is 46.7 Å². The average Bonchev–Trinajstić information content (AvgIpc) is 2.38. The summed E-state index contributed by atoms with van der Waals surface area (Å²) in [6, 6.07) is 5.48. The quantitative estimate of drug-likeness (QED) is 0.750. The van der Waals surface area contributed by atoms with Crippen LogP contribution in [-0.4, -0.2) is 36.5 Å². The van der Waals surface area contributed by atoms with Crippen LogP contribution in [0.2, 0.25) is 5.02 Å². The van der Waals surface area contributed by atoms with Gasteiger partial charge in [0.25, 0.3) is 5.91 Å². The van der Waals surface area contributed by atoms with Crippen LogP contribution in [0.3, 0.4) is 0 Å². The maximum absolute atomic E-state index is 12.1. The van der Waals surface area contributed by atoms with Crippen molar-refractivity contribution in [1.29, 1.82) is 0 Å². The Bertz CT molecular complexity index is 435. The highest BCUT2D eigenvalue weighted by atomic mass is 127. The first-order valence-corrected chi connectivity index (χ1v) is 7.91. The van der Waals surface area contributed by atoms with Crippen molar-refractivity contribution in [3.63, 3.8) is 0 Å². The van der Waals surface area contributed by atoms with Crippen LogP contribution >= 0.6 is 34.2 Å². The lowest BCUT2D eigenvalue weighted by Gasteiger charge is -2.23. The van der Waals surface area contributed by atoms with Crippen LogP contribution in [-0.2, 0) is 0 Å². The van der Waals surface area contributed by atoms with E-state index in [0.29, 0.717) is 10.6 Å². The molecule has 0 aliphatic carbocycles. The molecular formula is C14H20ClIN2O. The van der Waals surface area contributed by atoms with Crippen molar-refractivity contribution in [3.8, 4) is 0 Å².